The van der Waals surface area contributed by atoms with Gasteiger partial charge in [0.15, 0.2) is 5.75 Å². The second kappa shape index (κ2) is 4.60. The van der Waals surface area contributed by atoms with Gasteiger partial charge in [0, 0.05) is 5.56 Å². The van der Waals surface area contributed by atoms with E-state index in [9.17, 15) is 14.6 Å². The molecule has 5 heteroatoms. The van der Waals surface area contributed by atoms with Crippen molar-refractivity contribution in [1.29, 1.82) is 0 Å². The van der Waals surface area contributed by atoms with Crippen molar-refractivity contribution in [3.05, 3.63) is 35.8 Å². The van der Waals surface area contributed by atoms with Gasteiger partial charge in [0.1, 0.15) is 11.5 Å². The van der Waals surface area contributed by atoms with Crippen LogP contribution in [0.3, 0.4) is 0 Å². The van der Waals surface area contributed by atoms with Crippen molar-refractivity contribution in [1.82, 2.24) is 9.97 Å². The van der Waals surface area contributed by atoms with Crippen LogP contribution in [0, 0.1) is 5.82 Å². The summed E-state index contributed by atoms with van der Waals surface area (Å²) < 4.78 is 12.8. The van der Waals surface area contributed by atoms with Gasteiger partial charge < -0.3 is 10.2 Å². The molecular formula is C13H13FN2O2. The zero-order valence-corrected chi connectivity index (χ0v) is 10.1. The second-order valence-electron chi connectivity index (χ2n) is 4.27. The molecule has 0 atom stereocenters. The van der Waals surface area contributed by atoms with E-state index in [0.717, 1.165) is 0 Å². The summed E-state index contributed by atoms with van der Waals surface area (Å²) in [6, 6.07) is 5.10. The maximum atomic E-state index is 12.8. The molecule has 0 saturated heterocycles. The van der Waals surface area contributed by atoms with Crippen molar-refractivity contribution in [3.63, 3.8) is 0 Å². The third-order valence-electron chi connectivity index (χ3n) is 2.56. The number of hydrogen-bond acceptors (Lipinski definition) is 4. The Kier molecular flexibility index (Phi) is 3.14. The molecule has 0 unspecified atom stereocenters. The maximum Gasteiger partial charge on any atom is 0.314 e. The van der Waals surface area contributed by atoms with Gasteiger partial charge in [0.25, 0.3) is 0 Å². The molecule has 0 bridgehead atoms. The highest BCUT2D eigenvalue weighted by Gasteiger charge is 2.17. The van der Waals surface area contributed by atoms with Crippen LogP contribution in [-0.2, 0) is 0 Å². The molecule has 1 aromatic heterocycles. The topological polar surface area (TPSA) is 66.2 Å². The Morgan fingerprint density at radius 1 is 1.06 bits per heavy atom. The van der Waals surface area contributed by atoms with Gasteiger partial charge in [-0.2, -0.15) is 9.97 Å². The fourth-order valence-electron chi connectivity index (χ4n) is 1.67. The van der Waals surface area contributed by atoms with Crippen LogP contribution in [0.25, 0.3) is 11.3 Å². The van der Waals surface area contributed by atoms with Gasteiger partial charge in [-0.3, -0.25) is 0 Å². The van der Waals surface area contributed by atoms with E-state index in [2.05, 4.69) is 9.97 Å². The van der Waals surface area contributed by atoms with Crippen LogP contribution in [0.1, 0.15) is 25.5 Å². The molecule has 0 amide bonds. The lowest BCUT2D eigenvalue weighted by Gasteiger charge is -2.11. The van der Waals surface area contributed by atoms with Crippen molar-refractivity contribution in [2.75, 3.05) is 0 Å². The SMILES string of the molecule is CC(C)c1nc(O)nc(-c2ccc(F)cc2)c1O. The number of aromatic nitrogens is 2. The molecule has 2 N–H and O–H groups in total. The highest BCUT2D eigenvalue weighted by Crippen LogP contribution is 2.34. The molecule has 1 aromatic carbocycles. The van der Waals surface area contributed by atoms with Gasteiger partial charge in [-0.25, -0.2) is 4.39 Å². The van der Waals surface area contributed by atoms with E-state index >= 15 is 0 Å². The van der Waals surface area contributed by atoms with Crippen LogP contribution in [0.15, 0.2) is 24.3 Å². The smallest absolute Gasteiger partial charge is 0.314 e. The minimum atomic E-state index is -0.407. The van der Waals surface area contributed by atoms with Crippen LogP contribution in [-0.4, -0.2) is 20.2 Å². The minimum Gasteiger partial charge on any atom is -0.504 e. The summed E-state index contributed by atoms with van der Waals surface area (Å²) >= 11 is 0. The molecule has 1 heterocycles. The van der Waals surface area contributed by atoms with E-state index in [-0.39, 0.29) is 23.2 Å². The average molecular weight is 248 g/mol. The van der Waals surface area contributed by atoms with E-state index in [4.69, 9.17) is 0 Å². The van der Waals surface area contributed by atoms with Crippen molar-refractivity contribution in [2.24, 2.45) is 0 Å². The van der Waals surface area contributed by atoms with Gasteiger partial charge >= 0.3 is 6.01 Å². The standard InChI is InChI=1S/C13H13FN2O2/c1-7(2)10-12(17)11(16-13(18)15-10)8-3-5-9(14)6-4-8/h3-7,17H,1-2H3,(H,15,16,18). The largest absolute Gasteiger partial charge is 0.504 e. The number of halogens is 1. The Morgan fingerprint density at radius 3 is 2.22 bits per heavy atom. The predicted octanol–water partition coefficient (Wildman–Crippen LogP) is 2.82. The third-order valence-corrected chi connectivity index (χ3v) is 2.56. The Hall–Kier alpha value is -2.17. The zero-order chi connectivity index (χ0) is 13.3. The van der Waals surface area contributed by atoms with Gasteiger partial charge in [0.2, 0.25) is 0 Å². The van der Waals surface area contributed by atoms with Gasteiger partial charge in [-0.1, -0.05) is 13.8 Å². The molecule has 0 aliphatic carbocycles. The lowest BCUT2D eigenvalue weighted by molar-refractivity contribution is 0.410. The molecule has 0 saturated carbocycles. The second-order valence-corrected chi connectivity index (χ2v) is 4.27. The van der Waals surface area contributed by atoms with Gasteiger partial charge in [0.05, 0.1) is 5.69 Å². The first-order valence-corrected chi connectivity index (χ1v) is 5.55. The van der Waals surface area contributed by atoms with E-state index < -0.39 is 6.01 Å². The van der Waals surface area contributed by atoms with Crippen molar-refractivity contribution in [2.45, 2.75) is 19.8 Å². The molecule has 0 aliphatic heterocycles. The Bertz CT molecular complexity index is 568. The van der Waals surface area contributed by atoms with Crippen molar-refractivity contribution >= 4 is 0 Å². The van der Waals surface area contributed by atoms with Crippen LogP contribution in [0.4, 0.5) is 4.39 Å². The first-order valence-electron chi connectivity index (χ1n) is 5.55. The number of rotatable bonds is 2. The predicted molar refractivity (Wildman–Crippen MR) is 64.8 cm³/mol. The lowest BCUT2D eigenvalue weighted by Crippen LogP contribution is -1.98. The number of benzene rings is 1. The molecule has 2 rings (SSSR count). The molecule has 4 nitrogen and oxygen atoms in total. The summed E-state index contributed by atoms with van der Waals surface area (Å²) in [7, 11) is 0. The maximum absolute atomic E-state index is 12.8. The molecule has 0 spiro atoms. The number of hydrogen-bond donors (Lipinski definition) is 2. The Balaban J connectivity index is 2.60. The summed E-state index contributed by atoms with van der Waals surface area (Å²) in [6.45, 7) is 3.69. The van der Waals surface area contributed by atoms with Crippen LogP contribution in [0.5, 0.6) is 11.8 Å². The minimum absolute atomic E-state index is 0.0573. The molecular weight excluding hydrogens is 235 g/mol. The molecule has 18 heavy (non-hydrogen) atoms. The van der Waals surface area contributed by atoms with E-state index in [0.29, 0.717) is 11.3 Å². The third kappa shape index (κ3) is 2.25. The fraction of sp³-hybridized carbons (Fsp3) is 0.231. The average Bonchev–Trinajstić information content (AvgIpc) is 2.32. The first kappa shape index (κ1) is 12.3. The fourth-order valence-corrected chi connectivity index (χ4v) is 1.67. The summed E-state index contributed by atoms with van der Waals surface area (Å²) in [5.74, 6) is -0.520. The molecule has 2 aromatic rings. The lowest BCUT2D eigenvalue weighted by atomic mass is 10.0. The van der Waals surface area contributed by atoms with Crippen LogP contribution < -0.4 is 0 Å². The monoisotopic (exact) mass is 248 g/mol. The zero-order valence-electron chi connectivity index (χ0n) is 10.1. The number of aromatic hydroxyl groups is 2. The first-order chi connectivity index (χ1) is 8.49. The van der Waals surface area contributed by atoms with Gasteiger partial charge in [-0.15, -0.1) is 0 Å². The van der Waals surface area contributed by atoms with Gasteiger partial charge in [-0.05, 0) is 30.2 Å². The molecule has 0 aliphatic rings. The number of nitrogens with zero attached hydrogens (tertiary/aromatic N) is 2. The summed E-state index contributed by atoms with van der Waals surface area (Å²) in [4.78, 5) is 7.58. The van der Waals surface area contributed by atoms with E-state index in [1.807, 2.05) is 13.8 Å². The van der Waals surface area contributed by atoms with Crippen molar-refractivity contribution in [3.8, 4) is 23.0 Å². The van der Waals surface area contributed by atoms with Crippen molar-refractivity contribution < 1.29 is 14.6 Å². The highest BCUT2D eigenvalue weighted by atomic mass is 19.1. The van der Waals surface area contributed by atoms with Crippen LogP contribution >= 0.6 is 0 Å². The molecule has 94 valence electrons. The summed E-state index contributed by atoms with van der Waals surface area (Å²) in [6.07, 6.45) is 0. The summed E-state index contributed by atoms with van der Waals surface area (Å²) in [5, 5.41) is 19.6. The quantitative estimate of drug-likeness (QED) is 0.857. The Labute approximate surface area is 104 Å². The highest BCUT2D eigenvalue weighted by molar-refractivity contribution is 5.67. The molecule has 0 radical (unpaired) electrons. The normalized spacial score (nSPS) is 10.9. The van der Waals surface area contributed by atoms with E-state index in [1.165, 1.54) is 24.3 Å². The Morgan fingerprint density at radius 2 is 1.67 bits per heavy atom. The summed E-state index contributed by atoms with van der Waals surface area (Å²) in [5.41, 5.74) is 1.08. The molecule has 0 fully saturated rings. The van der Waals surface area contributed by atoms with Crippen LogP contribution in [0.2, 0.25) is 0 Å². The van der Waals surface area contributed by atoms with E-state index in [1.54, 1.807) is 0 Å².